The van der Waals surface area contributed by atoms with Gasteiger partial charge in [-0.15, -0.1) is 0 Å². The van der Waals surface area contributed by atoms with Crippen LogP contribution in [-0.4, -0.2) is 42.5 Å². The number of benzene rings is 1. The van der Waals surface area contributed by atoms with Crippen molar-refractivity contribution in [2.45, 2.75) is 33.8 Å². The van der Waals surface area contributed by atoms with Crippen LogP contribution in [0.2, 0.25) is 0 Å². The molecule has 1 aliphatic heterocycles. The number of fused-ring (bicyclic) bond motifs is 1. The van der Waals surface area contributed by atoms with Gasteiger partial charge in [-0.3, -0.25) is 14.5 Å². The number of nitrogen functional groups attached to an aromatic ring is 1. The quantitative estimate of drug-likeness (QED) is 0.841. The molecule has 1 aromatic carbocycles. The van der Waals surface area contributed by atoms with Gasteiger partial charge in [0, 0.05) is 24.8 Å². The van der Waals surface area contributed by atoms with Crippen LogP contribution >= 0.6 is 0 Å². The van der Waals surface area contributed by atoms with Crippen molar-refractivity contribution in [1.29, 1.82) is 0 Å². The molecule has 2 N–H and O–H groups in total. The van der Waals surface area contributed by atoms with E-state index in [1.807, 2.05) is 27.7 Å². The van der Waals surface area contributed by atoms with Crippen molar-refractivity contribution in [1.82, 2.24) is 4.90 Å². The summed E-state index contributed by atoms with van der Waals surface area (Å²) in [4.78, 5) is 28.4. The molecule has 2 rings (SSSR count). The van der Waals surface area contributed by atoms with Crippen molar-refractivity contribution >= 4 is 23.2 Å². The molecule has 23 heavy (non-hydrogen) atoms. The summed E-state index contributed by atoms with van der Waals surface area (Å²) >= 11 is 0. The van der Waals surface area contributed by atoms with Crippen LogP contribution < -0.4 is 15.4 Å². The summed E-state index contributed by atoms with van der Waals surface area (Å²) in [6.45, 7) is 8.95. The Morgan fingerprint density at radius 2 is 2.00 bits per heavy atom. The zero-order valence-corrected chi connectivity index (χ0v) is 14.2. The highest BCUT2D eigenvalue weighted by Crippen LogP contribution is 2.37. The molecule has 6 nitrogen and oxygen atoms in total. The fraction of sp³-hybridized carbons (Fsp3) is 0.529. The molecule has 0 aliphatic carbocycles. The number of hydrogen-bond acceptors (Lipinski definition) is 4. The largest absolute Gasteiger partial charge is 0.478 e. The summed E-state index contributed by atoms with van der Waals surface area (Å²) in [6, 6.07) is 5.14. The Morgan fingerprint density at radius 3 is 2.57 bits per heavy atom. The minimum atomic E-state index is -0.603. The van der Waals surface area contributed by atoms with Crippen LogP contribution in [0.1, 0.15) is 27.7 Å². The van der Waals surface area contributed by atoms with Crippen molar-refractivity contribution in [2.75, 3.05) is 30.3 Å². The Bertz CT molecular complexity index is 597. The zero-order valence-electron chi connectivity index (χ0n) is 14.2. The highest BCUT2D eigenvalue weighted by Gasteiger charge is 2.37. The van der Waals surface area contributed by atoms with E-state index in [-0.39, 0.29) is 24.3 Å². The number of rotatable bonds is 5. The van der Waals surface area contributed by atoms with E-state index < -0.39 is 6.10 Å². The Hall–Kier alpha value is -2.24. The lowest BCUT2D eigenvalue weighted by atomic mass is 10.0. The van der Waals surface area contributed by atoms with Gasteiger partial charge in [-0.1, -0.05) is 13.8 Å². The van der Waals surface area contributed by atoms with Crippen LogP contribution in [0.4, 0.5) is 11.4 Å². The molecule has 1 atom stereocenters. The number of carbonyl (C=O) groups excluding carboxylic acids is 2. The summed E-state index contributed by atoms with van der Waals surface area (Å²) < 4.78 is 5.82. The Labute approximate surface area is 137 Å². The van der Waals surface area contributed by atoms with Crippen LogP contribution in [0, 0.1) is 5.92 Å². The minimum absolute atomic E-state index is 0.00290. The molecule has 1 heterocycles. The fourth-order valence-electron chi connectivity index (χ4n) is 2.70. The Kier molecular flexibility index (Phi) is 5.13. The highest BCUT2D eigenvalue weighted by molar-refractivity contribution is 6.04. The van der Waals surface area contributed by atoms with Gasteiger partial charge in [-0.05, 0) is 31.9 Å². The molecule has 0 bridgehead atoms. The summed E-state index contributed by atoms with van der Waals surface area (Å²) in [5.41, 5.74) is 6.98. The first-order chi connectivity index (χ1) is 10.9. The van der Waals surface area contributed by atoms with E-state index in [1.54, 1.807) is 23.1 Å². The van der Waals surface area contributed by atoms with E-state index in [9.17, 15) is 9.59 Å². The minimum Gasteiger partial charge on any atom is -0.478 e. The maximum Gasteiger partial charge on any atom is 0.268 e. The first kappa shape index (κ1) is 17.1. The van der Waals surface area contributed by atoms with Crippen molar-refractivity contribution in [3.63, 3.8) is 0 Å². The number of likely N-dealkylation sites (N-methyl/N-ethyl adjacent to an activating group) is 1. The normalized spacial score (nSPS) is 17.0. The highest BCUT2D eigenvalue weighted by atomic mass is 16.5. The number of ether oxygens (including phenoxy) is 1. The predicted octanol–water partition coefficient (Wildman–Crippen LogP) is 1.89. The lowest BCUT2D eigenvalue weighted by Crippen LogP contribution is -2.52. The monoisotopic (exact) mass is 319 g/mol. The van der Waals surface area contributed by atoms with Crippen molar-refractivity contribution in [2.24, 2.45) is 5.92 Å². The first-order valence-corrected chi connectivity index (χ1v) is 8.04. The molecular formula is C17H25N3O3. The molecule has 0 spiro atoms. The fourth-order valence-corrected chi connectivity index (χ4v) is 2.70. The lowest BCUT2D eigenvalue weighted by molar-refractivity contribution is -0.134. The number of nitrogens with two attached hydrogens (primary N) is 1. The zero-order chi connectivity index (χ0) is 17.1. The lowest BCUT2D eigenvalue weighted by Gasteiger charge is -2.36. The van der Waals surface area contributed by atoms with E-state index >= 15 is 0 Å². The van der Waals surface area contributed by atoms with Crippen LogP contribution in [0.3, 0.4) is 0 Å². The van der Waals surface area contributed by atoms with Crippen LogP contribution in [0.15, 0.2) is 18.2 Å². The molecule has 0 saturated heterocycles. The van der Waals surface area contributed by atoms with E-state index in [0.717, 1.165) is 0 Å². The summed E-state index contributed by atoms with van der Waals surface area (Å²) in [5, 5.41) is 0. The molecule has 0 saturated carbocycles. The molecular weight excluding hydrogens is 294 g/mol. The summed E-state index contributed by atoms with van der Waals surface area (Å²) in [5.74, 6) is 0.298. The standard InChI is InChI=1S/C17H25N3O3/c1-5-19(6-2)15(21)10-20-13-8-7-12(18)9-14(13)23-16(11(3)4)17(20)22/h7-9,11,16H,5-6,10,18H2,1-4H3. The van der Waals surface area contributed by atoms with Crippen LogP contribution in [0.5, 0.6) is 5.75 Å². The van der Waals surface area contributed by atoms with Crippen LogP contribution in [-0.2, 0) is 9.59 Å². The molecule has 2 amide bonds. The maximum atomic E-state index is 12.7. The molecule has 0 radical (unpaired) electrons. The van der Waals surface area contributed by atoms with Crippen molar-refractivity contribution in [3.05, 3.63) is 18.2 Å². The van der Waals surface area contributed by atoms with E-state index in [0.29, 0.717) is 30.2 Å². The third-order valence-electron chi connectivity index (χ3n) is 4.05. The smallest absolute Gasteiger partial charge is 0.268 e. The number of hydrogen-bond donors (Lipinski definition) is 1. The van der Waals surface area contributed by atoms with Gasteiger partial charge in [0.1, 0.15) is 12.3 Å². The number of amides is 2. The van der Waals surface area contributed by atoms with Crippen molar-refractivity contribution < 1.29 is 14.3 Å². The second-order valence-corrected chi connectivity index (χ2v) is 6.00. The van der Waals surface area contributed by atoms with Gasteiger partial charge in [0.25, 0.3) is 5.91 Å². The maximum absolute atomic E-state index is 12.7. The Morgan fingerprint density at radius 1 is 1.35 bits per heavy atom. The first-order valence-electron chi connectivity index (χ1n) is 8.04. The second kappa shape index (κ2) is 6.89. The molecule has 0 fully saturated rings. The SMILES string of the molecule is CCN(CC)C(=O)CN1C(=O)C(C(C)C)Oc2cc(N)ccc21. The molecule has 126 valence electrons. The molecule has 6 heteroatoms. The van der Waals surface area contributed by atoms with E-state index in [1.165, 1.54) is 4.90 Å². The van der Waals surface area contributed by atoms with Crippen LogP contribution in [0.25, 0.3) is 0 Å². The van der Waals surface area contributed by atoms with Gasteiger partial charge in [0.15, 0.2) is 6.10 Å². The number of carbonyl (C=O) groups is 2. The number of anilines is 2. The van der Waals surface area contributed by atoms with Gasteiger partial charge in [-0.2, -0.15) is 0 Å². The molecule has 1 aromatic rings. The predicted molar refractivity (Wildman–Crippen MR) is 90.4 cm³/mol. The topological polar surface area (TPSA) is 75.9 Å². The average Bonchev–Trinajstić information content (AvgIpc) is 2.50. The van der Waals surface area contributed by atoms with Gasteiger partial charge >= 0.3 is 0 Å². The van der Waals surface area contributed by atoms with Gasteiger partial charge in [-0.25, -0.2) is 0 Å². The summed E-state index contributed by atoms with van der Waals surface area (Å²) in [6.07, 6.45) is -0.603. The second-order valence-electron chi connectivity index (χ2n) is 6.00. The molecule has 0 aromatic heterocycles. The van der Waals surface area contributed by atoms with Gasteiger partial charge < -0.3 is 15.4 Å². The van der Waals surface area contributed by atoms with E-state index in [4.69, 9.17) is 10.5 Å². The summed E-state index contributed by atoms with van der Waals surface area (Å²) in [7, 11) is 0. The van der Waals surface area contributed by atoms with Crippen molar-refractivity contribution in [3.8, 4) is 5.75 Å². The Balaban J connectivity index is 2.36. The molecule has 1 unspecified atom stereocenters. The average molecular weight is 319 g/mol. The van der Waals surface area contributed by atoms with Gasteiger partial charge in [0.05, 0.1) is 5.69 Å². The van der Waals surface area contributed by atoms with Gasteiger partial charge in [0.2, 0.25) is 5.91 Å². The molecule has 1 aliphatic rings. The van der Waals surface area contributed by atoms with E-state index in [2.05, 4.69) is 0 Å². The third-order valence-corrected chi connectivity index (χ3v) is 4.05. The number of nitrogens with zero attached hydrogens (tertiary/aromatic N) is 2. The third kappa shape index (κ3) is 3.41.